The van der Waals surface area contributed by atoms with Crippen molar-refractivity contribution in [2.45, 2.75) is 12.5 Å². The van der Waals surface area contributed by atoms with E-state index < -0.39 is 0 Å². The number of nitrogens with zero attached hydrogens (tertiary/aromatic N) is 2. The molecule has 0 spiro atoms. The summed E-state index contributed by atoms with van der Waals surface area (Å²) in [4.78, 5) is 6.70. The first-order valence-corrected chi connectivity index (χ1v) is 9.36. The lowest BCUT2D eigenvalue weighted by Crippen LogP contribution is -2.47. The zero-order valence-electron chi connectivity index (χ0n) is 15.8. The number of hydrogen-bond donors (Lipinski definition) is 2. The lowest BCUT2D eigenvalue weighted by Gasteiger charge is -2.35. The minimum absolute atomic E-state index is 0. The fourth-order valence-electron chi connectivity index (χ4n) is 3.43. The third kappa shape index (κ3) is 6.85. The van der Waals surface area contributed by atoms with E-state index in [1.165, 1.54) is 12.1 Å². The van der Waals surface area contributed by atoms with Crippen molar-refractivity contribution in [3.63, 3.8) is 0 Å². The summed E-state index contributed by atoms with van der Waals surface area (Å²) in [6.07, 6.45) is 1.09. The topological polar surface area (TPSA) is 58.1 Å². The largest absolute Gasteiger partial charge is 0.381 e. The molecule has 152 valence electrons. The van der Waals surface area contributed by atoms with Gasteiger partial charge in [-0.15, -0.1) is 24.0 Å². The number of nitrogens with one attached hydrogen (secondary N) is 2. The van der Waals surface area contributed by atoms with Gasteiger partial charge in [-0.2, -0.15) is 0 Å². The Labute approximate surface area is 177 Å². The van der Waals surface area contributed by atoms with Crippen LogP contribution in [-0.4, -0.2) is 70.5 Å². The molecule has 27 heavy (non-hydrogen) atoms. The molecule has 0 bridgehead atoms. The number of morpholine rings is 1. The lowest BCUT2D eigenvalue weighted by atomic mass is 10.0. The minimum Gasteiger partial charge on any atom is -0.381 e. The van der Waals surface area contributed by atoms with Crippen molar-refractivity contribution in [2.24, 2.45) is 10.9 Å². The third-order valence-electron chi connectivity index (χ3n) is 5.01. The lowest BCUT2D eigenvalue weighted by molar-refractivity contribution is 0.0170. The van der Waals surface area contributed by atoms with Crippen LogP contribution in [0.15, 0.2) is 29.3 Å². The minimum atomic E-state index is -0.210. The highest BCUT2D eigenvalue weighted by Crippen LogP contribution is 2.21. The standard InChI is InChI=1S/C19H29FN4O2.HI/c1-21-19(22-12-15-6-9-26-14-15)23-13-18(24-7-10-25-11-8-24)16-2-4-17(20)5-3-16;/h2-5,15,18H,6-14H2,1H3,(H2,21,22,23);1H. The molecule has 0 radical (unpaired) electrons. The van der Waals surface area contributed by atoms with E-state index in [0.29, 0.717) is 12.5 Å². The summed E-state index contributed by atoms with van der Waals surface area (Å²) in [6.45, 7) is 6.42. The fraction of sp³-hybridized carbons (Fsp3) is 0.632. The van der Waals surface area contributed by atoms with Crippen LogP contribution in [0.3, 0.4) is 0 Å². The van der Waals surface area contributed by atoms with E-state index in [9.17, 15) is 4.39 Å². The molecule has 2 atom stereocenters. The molecule has 2 unspecified atom stereocenters. The predicted molar refractivity (Wildman–Crippen MR) is 115 cm³/mol. The van der Waals surface area contributed by atoms with Crippen molar-refractivity contribution < 1.29 is 13.9 Å². The van der Waals surface area contributed by atoms with Crippen molar-refractivity contribution in [2.75, 3.05) is 59.7 Å². The molecule has 1 aromatic rings. The molecule has 2 N–H and O–H groups in total. The monoisotopic (exact) mass is 492 g/mol. The van der Waals surface area contributed by atoms with Gasteiger partial charge >= 0.3 is 0 Å². The molecule has 2 saturated heterocycles. The summed E-state index contributed by atoms with van der Waals surface area (Å²) in [7, 11) is 1.78. The SMILES string of the molecule is CN=C(NCC1CCOC1)NCC(c1ccc(F)cc1)N1CCOCC1.I. The van der Waals surface area contributed by atoms with Gasteiger partial charge in [0.25, 0.3) is 0 Å². The molecule has 1 aromatic carbocycles. The van der Waals surface area contributed by atoms with Gasteiger partial charge in [0.15, 0.2) is 5.96 Å². The molecule has 0 aliphatic carbocycles. The Balaban J connectivity index is 0.00000261. The molecular formula is C19H30FIN4O2. The van der Waals surface area contributed by atoms with Crippen LogP contribution in [0.2, 0.25) is 0 Å². The van der Waals surface area contributed by atoms with Crippen molar-refractivity contribution >= 4 is 29.9 Å². The molecule has 2 heterocycles. The average Bonchev–Trinajstić information content (AvgIpc) is 3.20. The van der Waals surface area contributed by atoms with Gasteiger partial charge in [-0.3, -0.25) is 9.89 Å². The maximum atomic E-state index is 13.3. The summed E-state index contributed by atoms with van der Waals surface area (Å²) in [5.41, 5.74) is 1.10. The van der Waals surface area contributed by atoms with Crippen molar-refractivity contribution in [3.05, 3.63) is 35.6 Å². The number of benzene rings is 1. The third-order valence-corrected chi connectivity index (χ3v) is 5.01. The van der Waals surface area contributed by atoms with Gasteiger partial charge in [0.1, 0.15) is 5.82 Å². The smallest absolute Gasteiger partial charge is 0.191 e. The summed E-state index contributed by atoms with van der Waals surface area (Å²) >= 11 is 0. The Morgan fingerprint density at radius 2 is 1.93 bits per heavy atom. The fourth-order valence-corrected chi connectivity index (χ4v) is 3.43. The maximum absolute atomic E-state index is 13.3. The summed E-state index contributed by atoms with van der Waals surface area (Å²) < 4.78 is 24.2. The van der Waals surface area contributed by atoms with Gasteiger partial charge in [0.2, 0.25) is 0 Å². The van der Waals surface area contributed by atoms with E-state index >= 15 is 0 Å². The van der Waals surface area contributed by atoms with Crippen LogP contribution >= 0.6 is 24.0 Å². The van der Waals surface area contributed by atoms with Crippen LogP contribution in [0.1, 0.15) is 18.0 Å². The van der Waals surface area contributed by atoms with Crippen LogP contribution in [0.4, 0.5) is 4.39 Å². The Hall–Kier alpha value is -0.970. The van der Waals surface area contributed by atoms with Gasteiger partial charge in [-0.25, -0.2) is 4.39 Å². The predicted octanol–water partition coefficient (Wildman–Crippen LogP) is 2.02. The second-order valence-corrected chi connectivity index (χ2v) is 6.78. The Kier molecular flexibility index (Phi) is 9.74. The molecule has 2 fully saturated rings. The van der Waals surface area contributed by atoms with Crippen molar-refractivity contribution in [3.8, 4) is 0 Å². The van der Waals surface area contributed by atoms with E-state index in [0.717, 1.165) is 64.0 Å². The molecule has 0 saturated carbocycles. The molecule has 0 amide bonds. The van der Waals surface area contributed by atoms with Gasteiger partial charge in [0.05, 0.1) is 25.9 Å². The van der Waals surface area contributed by atoms with Gasteiger partial charge in [-0.05, 0) is 24.1 Å². The average molecular weight is 492 g/mol. The maximum Gasteiger partial charge on any atom is 0.191 e. The molecule has 2 aliphatic rings. The number of hydrogen-bond acceptors (Lipinski definition) is 4. The van der Waals surface area contributed by atoms with Crippen LogP contribution in [0.5, 0.6) is 0 Å². The van der Waals surface area contributed by atoms with Crippen molar-refractivity contribution in [1.82, 2.24) is 15.5 Å². The number of guanidine groups is 1. The van der Waals surface area contributed by atoms with Crippen molar-refractivity contribution in [1.29, 1.82) is 0 Å². The van der Waals surface area contributed by atoms with E-state index in [1.54, 1.807) is 7.05 Å². The van der Waals surface area contributed by atoms with Crippen LogP contribution in [0, 0.1) is 11.7 Å². The molecular weight excluding hydrogens is 462 g/mol. The van der Waals surface area contributed by atoms with Gasteiger partial charge in [0, 0.05) is 45.8 Å². The Morgan fingerprint density at radius 3 is 2.56 bits per heavy atom. The molecule has 8 heteroatoms. The van der Waals surface area contributed by atoms with E-state index in [4.69, 9.17) is 9.47 Å². The van der Waals surface area contributed by atoms with Crippen LogP contribution in [-0.2, 0) is 9.47 Å². The van der Waals surface area contributed by atoms with Crippen LogP contribution in [0.25, 0.3) is 0 Å². The van der Waals surface area contributed by atoms with Gasteiger partial charge < -0.3 is 20.1 Å². The molecule has 2 aliphatic heterocycles. The first-order chi connectivity index (χ1) is 12.8. The first-order valence-electron chi connectivity index (χ1n) is 9.36. The number of rotatable bonds is 6. The van der Waals surface area contributed by atoms with E-state index in [2.05, 4.69) is 20.5 Å². The van der Waals surface area contributed by atoms with Gasteiger partial charge in [-0.1, -0.05) is 12.1 Å². The highest BCUT2D eigenvalue weighted by molar-refractivity contribution is 14.0. The Bertz CT molecular complexity index is 576. The first kappa shape index (κ1) is 22.3. The second kappa shape index (κ2) is 11.8. The van der Waals surface area contributed by atoms with E-state index in [1.807, 2.05) is 12.1 Å². The number of halogens is 2. The summed E-state index contributed by atoms with van der Waals surface area (Å²) in [6, 6.07) is 6.92. The zero-order valence-corrected chi connectivity index (χ0v) is 18.2. The Morgan fingerprint density at radius 1 is 1.19 bits per heavy atom. The molecule has 6 nitrogen and oxygen atoms in total. The highest BCUT2D eigenvalue weighted by atomic mass is 127. The summed E-state index contributed by atoms with van der Waals surface area (Å²) in [5, 5.41) is 6.81. The zero-order chi connectivity index (χ0) is 18.2. The quantitative estimate of drug-likeness (QED) is 0.362. The number of aliphatic imine (C=N–C) groups is 1. The molecule has 0 aromatic heterocycles. The second-order valence-electron chi connectivity index (χ2n) is 6.78. The van der Waals surface area contributed by atoms with Crippen LogP contribution < -0.4 is 10.6 Å². The normalized spacial score (nSPS) is 22.1. The highest BCUT2D eigenvalue weighted by Gasteiger charge is 2.23. The number of ether oxygens (including phenoxy) is 2. The molecule has 3 rings (SSSR count). The van der Waals surface area contributed by atoms with E-state index in [-0.39, 0.29) is 35.8 Å². The summed E-state index contributed by atoms with van der Waals surface area (Å²) in [5.74, 6) is 1.12.